The lowest BCUT2D eigenvalue weighted by molar-refractivity contribution is -0.138. The summed E-state index contributed by atoms with van der Waals surface area (Å²) in [5.41, 5.74) is 0. The number of carbonyl (C=O) groups is 1. The van der Waals surface area contributed by atoms with E-state index in [-0.39, 0.29) is 0 Å². The zero-order valence-corrected chi connectivity index (χ0v) is 17.2. The standard InChI is InChI=1S/C12H20Cl2O3S.C6H5Cl/c13-12(14,11(15)16)9-7-5-3-1-2-4-6-8-10-18-17;7-6-4-2-1-3-5-6/h10H,1-9H2,(H,15,16);1-5H. The summed E-state index contributed by atoms with van der Waals surface area (Å²) < 4.78 is 8.43. The van der Waals surface area contributed by atoms with Gasteiger partial charge in [0.05, 0.1) is 11.3 Å². The number of rotatable bonds is 11. The third kappa shape index (κ3) is 15.4. The van der Waals surface area contributed by atoms with E-state index in [1.165, 1.54) is 0 Å². The lowest BCUT2D eigenvalue weighted by atomic mass is 10.1. The third-order valence-electron chi connectivity index (χ3n) is 3.43. The highest BCUT2D eigenvalue weighted by atomic mass is 35.5. The van der Waals surface area contributed by atoms with Crippen LogP contribution < -0.4 is 0 Å². The van der Waals surface area contributed by atoms with Gasteiger partial charge in [0.25, 0.3) is 0 Å². The monoisotopic (exact) mass is 426 g/mol. The number of carboxylic acids is 1. The Hall–Kier alpha value is -0.550. The number of aliphatic carboxylic acids is 1. The van der Waals surface area contributed by atoms with Crippen molar-refractivity contribution in [2.24, 2.45) is 0 Å². The second kappa shape index (κ2) is 15.7. The Bertz CT molecular complexity index is 518. The summed E-state index contributed by atoms with van der Waals surface area (Å²) in [6.07, 6.45) is 8.44. The molecule has 1 rings (SSSR count). The summed E-state index contributed by atoms with van der Waals surface area (Å²) in [4.78, 5) is 10.6. The van der Waals surface area contributed by atoms with E-state index >= 15 is 0 Å². The largest absolute Gasteiger partial charge is 0.479 e. The van der Waals surface area contributed by atoms with Crippen LogP contribution in [0.15, 0.2) is 30.3 Å². The molecule has 1 N–H and O–H groups in total. The Morgan fingerprint density at radius 1 is 1.00 bits per heavy atom. The maximum absolute atomic E-state index is 10.6. The van der Waals surface area contributed by atoms with Crippen LogP contribution in [0.2, 0.25) is 5.02 Å². The molecule has 0 fully saturated rings. The topological polar surface area (TPSA) is 54.4 Å². The van der Waals surface area contributed by atoms with Crippen LogP contribution in [-0.2, 0) is 16.1 Å². The maximum Gasteiger partial charge on any atom is 0.340 e. The van der Waals surface area contributed by atoms with Gasteiger partial charge in [-0.2, -0.15) is 0 Å². The minimum Gasteiger partial charge on any atom is -0.479 e. The molecule has 0 radical (unpaired) electrons. The SMILES string of the molecule is Clc1ccccc1.O=S=CCCCCCCCCCC(Cl)(Cl)C(=O)O. The van der Waals surface area contributed by atoms with Gasteiger partial charge in [0, 0.05) is 10.4 Å². The molecule has 0 unspecified atom stereocenters. The van der Waals surface area contributed by atoms with Crippen molar-refractivity contribution < 1.29 is 14.1 Å². The van der Waals surface area contributed by atoms with Gasteiger partial charge in [-0.25, -0.2) is 9.00 Å². The normalized spacial score (nSPS) is 10.5. The van der Waals surface area contributed by atoms with E-state index in [1.807, 2.05) is 30.3 Å². The maximum atomic E-state index is 10.6. The van der Waals surface area contributed by atoms with Gasteiger partial charge >= 0.3 is 5.97 Å². The van der Waals surface area contributed by atoms with Crippen LogP contribution in [0.5, 0.6) is 0 Å². The van der Waals surface area contributed by atoms with Crippen LogP contribution in [0, 0.1) is 0 Å². The molecular formula is C18H25Cl3O3S. The Balaban J connectivity index is 0.000000676. The van der Waals surface area contributed by atoms with Crippen molar-refractivity contribution in [3.8, 4) is 0 Å². The summed E-state index contributed by atoms with van der Waals surface area (Å²) in [5, 5.41) is 11.2. The van der Waals surface area contributed by atoms with Crippen LogP contribution in [0.3, 0.4) is 0 Å². The van der Waals surface area contributed by atoms with Crippen LogP contribution in [0.4, 0.5) is 0 Å². The average Bonchev–Trinajstić information content (AvgIpc) is 2.57. The first-order chi connectivity index (χ1) is 11.9. The molecule has 7 heteroatoms. The van der Waals surface area contributed by atoms with E-state index < -0.39 is 10.3 Å². The summed E-state index contributed by atoms with van der Waals surface area (Å²) in [5.74, 6) is -1.17. The quantitative estimate of drug-likeness (QED) is 0.263. The molecule has 0 atom stereocenters. The van der Waals surface area contributed by atoms with Gasteiger partial charge in [0.2, 0.25) is 4.33 Å². The van der Waals surface area contributed by atoms with Gasteiger partial charge in [0.15, 0.2) is 0 Å². The first-order valence-electron chi connectivity index (χ1n) is 8.32. The lowest BCUT2D eigenvalue weighted by Crippen LogP contribution is -2.25. The predicted molar refractivity (Wildman–Crippen MR) is 109 cm³/mol. The van der Waals surface area contributed by atoms with Crippen molar-refractivity contribution in [3.63, 3.8) is 0 Å². The lowest BCUT2D eigenvalue weighted by Gasteiger charge is -2.13. The first-order valence-corrected chi connectivity index (χ1v) is 10.3. The summed E-state index contributed by atoms with van der Waals surface area (Å²) in [7, 11) is 0. The average molecular weight is 428 g/mol. The van der Waals surface area contributed by atoms with Crippen LogP contribution in [-0.4, -0.2) is 25.0 Å². The molecule has 142 valence electrons. The Morgan fingerprint density at radius 3 is 1.96 bits per heavy atom. The highest BCUT2D eigenvalue weighted by molar-refractivity contribution is 7.64. The molecule has 25 heavy (non-hydrogen) atoms. The van der Waals surface area contributed by atoms with Gasteiger partial charge in [-0.1, -0.05) is 85.1 Å². The van der Waals surface area contributed by atoms with Gasteiger partial charge in [0.1, 0.15) is 0 Å². The Kier molecular flexibility index (Phi) is 15.3. The van der Waals surface area contributed by atoms with E-state index in [4.69, 9.17) is 39.9 Å². The number of unbranched alkanes of at least 4 members (excludes halogenated alkanes) is 7. The first kappa shape index (κ1) is 24.5. The summed E-state index contributed by atoms with van der Waals surface area (Å²) in [6, 6.07) is 9.44. The van der Waals surface area contributed by atoms with Gasteiger partial charge in [-0.15, -0.1) is 0 Å². The number of halogens is 3. The van der Waals surface area contributed by atoms with Crippen molar-refractivity contribution in [3.05, 3.63) is 35.4 Å². The second-order valence-corrected chi connectivity index (χ2v) is 8.03. The van der Waals surface area contributed by atoms with Gasteiger partial charge in [-0.05, 0) is 37.8 Å². The highest BCUT2D eigenvalue weighted by Crippen LogP contribution is 2.28. The molecule has 0 aliphatic carbocycles. The highest BCUT2D eigenvalue weighted by Gasteiger charge is 2.32. The molecule has 1 aromatic carbocycles. The Labute approximate surface area is 168 Å². The van der Waals surface area contributed by atoms with Gasteiger partial charge < -0.3 is 5.11 Å². The van der Waals surface area contributed by atoms with E-state index in [1.54, 1.807) is 5.37 Å². The fourth-order valence-corrected chi connectivity index (χ4v) is 2.70. The minimum atomic E-state index is -1.63. The number of hydrogen-bond acceptors (Lipinski definition) is 2. The second-order valence-electron chi connectivity index (χ2n) is 5.58. The summed E-state index contributed by atoms with van der Waals surface area (Å²) in [6.45, 7) is 0. The van der Waals surface area contributed by atoms with Crippen molar-refractivity contribution in [1.29, 1.82) is 0 Å². The molecule has 0 saturated carbocycles. The minimum absolute atomic E-state index is 0.293. The smallest absolute Gasteiger partial charge is 0.340 e. The van der Waals surface area contributed by atoms with E-state index in [9.17, 15) is 9.00 Å². The molecule has 0 amide bonds. The fourth-order valence-electron chi connectivity index (χ4n) is 2.03. The van der Waals surface area contributed by atoms with Crippen molar-refractivity contribution >= 4 is 57.4 Å². The number of alkyl halides is 2. The number of hydrogen-bond donors (Lipinski definition) is 1. The van der Waals surface area contributed by atoms with E-state index in [0.29, 0.717) is 17.7 Å². The van der Waals surface area contributed by atoms with E-state index in [0.717, 1.165) is 56.4 Å². The molecule has 3 nitrogen and oxygen atoms in total. The number of benzene rings is 1. The van der Waals surface area contributed by atoms with Crippen LogP contribution in [0.1, 0.15) is 57.8 Å². The molecule has 0 aromatic heterocycles. The van der Waals surface area contributed by atoms with E-state index in [2.05, 4.69) is 0 Å². The molecule has 1 aromatic rings. The molecular weight excluding hydrogens is 403 g/mol. The fraction of sp³-hybridized carbons (Fsp3) is 0.556. The van der Waals surface area contributed by atoms with Crippen molar-refractivity contribution in [1.82, 2.24) is 0 Å². The van der Waals surface area contributed by atoms with Crippen molar-refractivity contribution in [2.45, 2.75) is 62.1 Å². The molecule has 0 spiro atoms. The Morgan fingerprint density at radius 2 is 1.52 bits per heavy atom. The molecule has 0 aliphatic heterocycles. The van der Waals surface area contributed by atoms with Crippen molar-refractivity contribution in [2.75, 3.05) is 0 Å². The zero-order valence-electron chi connectivity index (χ0n) is 14.1. The van der Waals surface area contributed by atoms with Gasteiger partial charge in [-0.3, -0.25) is 0 Å². The summed E-state index contributed by atoms with van der Waals surface area (Å²) >= 11 is 17.3. The van der Waals surface area contributed by atoms with Crippen LogP contribution in [0.25, 0.3) is 0 Å². The third-order valence-corrected chi connectivity index (χ3v) is 4.75. The molecule has 0 aliphatic rings. The molecule has 0 bridgehead atoms. The van der Waals surface area contributed by atoms with Crippen LogP contribution >= 0.6 is 34.8 Å². The zero-order chi connectivity index (χ0) is 19.0. The number of carboxylic acid groups (broad SMARTS) is 1. The molecule has 0 saturated heterocycles. The predicted octanol–water partition coefficient (Wildman–Crippen LogP) is 6.11. The molecule has 0 heterocycles.